The van der Waals surface area contributed by atoms with Crippen LogP contribution in [0.4, 0.5) is 0 Å². The van der Waals surface area contributed by atoms with Crippen LogP contribution in [0.25, 0.3) is 11.4 Å². The molecule has 6 nitrogen and oxygen atoms in total. The normalized spacial score (nSPS) is 14.5. The molecule has 1 aromatic carbocycles. The standard InChI is InChI=1S/C16H20N4O2S/c1-19-15(12-5-7-13(22-2)8-6-12)17-18-16(19)23-11-10-20-9-3-4-14(20)21/h5-8H,3-4,9-11H2,1-2H3. The second kappa shape index (κ2) is 7.04. The zero-order valence-electron chi connectivity index (χ0n) is 13.4. The summed E-state index contributed by atoms with van der Waals surface area (Å²) in [6.45, 7) is 1.66. The number of carbonyl (C=O) groups is 1. The van der Waals surface area contributed by atoms with Gasteiger partial charge in [0.1, 0.15) is 5.75 Å². The van der Waals surface area contributed by atoms with E-state index in [0.717, 1.165) is 47.6 Å². The van der Waals surface area contributed by atoms with E-state index in [0.29, 0.717) is 6.42 Å². The van der Waals surface area contributed by atoms with Gasteiger partial charge in [-0.1, -0.05) is 11.8 Å². The molecule has 2 heterocycles. The van der Waals surface area contributed by atoms with Gasteiger partial charge in [-0.25, -0.2) is 0 Å². The lowest BCUT2D eigenvalue weighted by Gasteiger charge is -2.14. The van der Waals surface area contributed by atoms with Crippen molar-refractivity contribution < 1.29 is 9.53 Å². The van der Waals surface area contributed by atoms with Crippen molar-refractivity contribution in [1.82, 2.24) is 19.7 Å². The van der Waals surface area contributed by atoms with Gasteiger partial charge < -0.3 is 14.2 Å². The average Bonchev–Trinajstić information content (AvgIpc) is 3.14. The Morgan fingerprint density at radius 2 is 2.04 bits per heavy atom. The number of hydrogen-bond acceptors (Lipinski definition) is 5. The fourth-order valence-corrected chi connectivity index (χ4v) is 3.49. The highest BCUT2D eigenvalue weighted by Gasteiger charge is 2.20. The van der Waals surface area contributed by atoms with Crippen molar-refractivity contribution in [2.75, 3.05) is 26.0 Å². The van der Waals surface area contributed by atoms with Gasteiger partial charge >= 0.3 is 0 Å². The molecule has 1 aliphatic rings. The molecule has 23 heavy (non-hydrogen) atoms. The summed E-state index contributed by atoms with van der Waals surface area (Å²) >= 11 is 1.63. The van der Waals surface area contributed by atoms with Crippen LogP contribution in [-0.2, 0) is 11.8 Å². The third-order valence-electron chi connectivity index (χ3n) is 3.95. The second-order valence-corrected chi connectivity index (χ2v) is 6.49. The largest absolute Gasteiger partial charge is 0.497 e. The fraction of sp³-hybridized carbons (Fsp3) is 0.438. The fourth-order valence-electron chi connectivity index (χ4n) is 2.62. The molecule has 122 valence electrons. The topological polar surface area (TPSA) is 60.3 Å². The second-order valence-electron chi connectivity index (χ2n) is 5.43. The van der Waals surface area contributed by atoms with Crippen LogP contribution in [0.5, 0.6) is 5.75 Å². The zero-order valence-corrected chi connectivity index (χ0v) is 14.2. The predicted molar refractivity (Wildman–Crippen MR) is 89.5 cm³/mol. The van der Waals surface area contributed by atoms with Crippen LogP contribution in [-0.4, -0.2) is 51.5 Å². The van der Waals surface area contributed by atoms with E-state index < -0.39 is 0 Å². The number of aromatic nitrogens is 3. The lowest BCUT2D eigenvalue weighted by atomic mass is 10.2. The van der Waals surface area contributed by atoms with Crippen LogP contribution in [0, 0.1) is 0 Å². The summed E-state index contributed by atoms with van der Waals surface area (Å²) in [5.41, 5.74) is 1.00. The summed E-state index contributed by atoms with van der Waals surface area (Å²) in [7, 11) is 3.61. The molecule has 0 N–H and O–H groups in total. The number of thioether (sulfide) groups is 1. The maximum absolute atomic E-state index is 11.6. The first-order valence-electron chi connectivity index (χ1n) is 7.63. The molecule has 0 radical (unpaired) electrons. The van der Waals surface area contributed by atoms with Crippen LogP contribution < -0.4 is 4.74 Å². The maximum atomic E-state index is 11.6. The van der Waals surface area contributed by atoms with Crippen LogP contribution in [0.15, 0.2) is 29.4 Å². The van der Waals surface area contributed by atoms with Crippen molar-refractivity contribution in [3.8, 4) is 17.1 Å². The Bertz CT molecular complexity index is 684. The summed E-state index contributed by atoms with van der Waals surface area (Å²) in [6, 6.07) is 7.77. The smallest absolute Gasteiger partial charge is 0.222 e. The van der Waals surface area contributed by atoms with E-state index in [9.17, 15) is 4.79 Å². The quantitative estimate of drug-likeness (QED) is 0.759. The zero-order chi connectivity index (χ0) is 16.2. The van der Waals surface area contributed by atoms with Gasteiger partial charge in [0.25, 0.3) is 0 Å². The number of likely N-dealkylation sites (tertiary alicyclic amines) is 1. The molecule has 0 atom stereocenters. The number of nitrogens with zero attached hydrogens (tertiary/aromatic N) is 4. The Kier molecular flexibility index (Phi) is 4.85. The lowest BCUT2D eigenvalue weighted by molar-refractivity contribution is -0.127. The van der Waals surface area contributed by atoms with Crippen LogP contribution in [0.3, 0.4) is 0 Å². The summed E-state index contributed by atoms with van der Waals surface area (Å²) in [4.78, 5) is 13.5. The van der Waals surface area contributed by atoms with Crippen molar-refractivity contribution in [3.05, 3.63) is 24.3 Å². The Hall–Kier alpha value is -2.02. The van der Waals surface area contributed by atoms with Crippen molar-refractivity contribution in [2.45, 2.75) is 18.0 Å². The monoisotopic (exact) mass is 332 g/mol. The van der Waals surface area contributed by atoms with Crippen molar-refractivity contribution in [1.29, 1.82) is 0 Å². The number of rotatable bonds is 6. The van der Waals surface area contributed by atoms with Crippen LogP contribution in [0.2, 0.25) is 0 Å². The molecule has 1 saturated heterocycles. The van der Waals surface area contributed by atoms with Gasteiger partial charge in [-0.05, 0) is 30.7 Å². The minimum Gasteiger partial charge on any atom is -0.497 e. The summed E-state index contributed by atoms with van der Waals surface area (Å²) in [5, 5.41) is 9.40. The van der Waals surface area contributed by atoms with Gasteiger partial charge in [0.05, 0.1) is 7.11 Å². The van der Waals surface area contributed by atoms with Crippen molar-refractivity contribution in [3.63, 3.8) is 0 Å². The van der Waals surface area contributed by atoms with E-state index in [1.807, 2.05) is 40.8 Å². The molecular formula is C16H20N4O2S. The van der Waals surface area contributed by atoms with Crippen molar-refractivity contribution >= 4 is 17.7 Å². The highest BCUT2D eigenvalue weighted by Crippen LogP contribution is 2.24. The maximum Gasteiger partial charge on any atom is 0.222 e. The predicted octanol–water partition coefficient (Wildman–Crippen LogP) is 2.21. The number of amides is 1. The SMILES string of the molecule is COc1ccc(-c2nnc(SCCN3CCCC3=O)n2C)cc1. The Labute approximate surface area is 139 Å². The van der Waals surface area contributed by atoms with Crippen LogP contribution in [0.1, 0.15) is 12.8 Å². The van der Waals surface area contributed by atoms with Gasteiger partial charge in [-0.2, -0.15) is 0 Å². The van der Waals surface area contributed by atoms with E-state index in [1.165, 1.54) is 0 Å². The third-order valence-corrected chi connectivity index (χ3v) is 4.95. The first-order chi connectivity index (χ1) is 11.2. The molecule has 1 aromatic heterocycles. The van der Waals surface area contributed by atoms with Gasteiger partial charge in [-0.3, -0.25) is 4.79 Å². The van der Waals surface area contributed by atoms with Gasteiger partial charge in [-0.15, -0.1) is 10.2 Å². The highest BCUT2D eigenvalue weighted by molar-refractivity contribution is 7.99. The molecule has 0 aliphatic carbocycles. The molecule has 0 bridgehead atoms. The summed E-state index contributed by atoms with van der Waals surface area (Å²) < 4.78 is 7.16. The molecule has 0 spiro atoms. The van der Waals surface area contributed by atoms with Crippen LogP contribution >= 0.6 is 11.8 Å². The van der Waals surface area contributed by atoms with Crippen molar-refractivity contribution in [2.24, 2.45) is 7.05 Å². The van der Waals surface area contributed by atoms with E-state index in [4.69, 9.17) is 4.74 Å². The average molecular weight is 332 g/mol. The van der Waals surface area contributed by atoms with E-state index >= 15 is 0 Å². The summed E-state index contributed by atoms with van der Waals surface area (Å²) in [5.74, 6) is 2.75. The first-order valence-corrected chi connectivity index (χ1v) is 8.62. The molecule has 2 aromatic rings. The Morgan fingerprint density at radius 1 is 1.26 bits per heavy atom. The van der Waals surface area contributed by atoms with E-state index in [-0.39, 0.29) is 5.91 Å². The summed E-state index contributed by atoms with van der Waals surface area (Å²) in [6.07, 6.45) is 1.67. The minimum atomic E-state index is 0.266. The third kappa shape index (κ3) is 3.50. The molecular weight excluding hydrogens is 312 g/mol. The molecule has 1 fully saturated rings. The molecule has 1 aliphatic heterocycles. The van der Waals surface area contributed by atoms with Gasteiger partial charge in [0, 0.05) is 37.9 Å². The number of ether oxygens (including phenoxy) is 1. The molecule has 0 saturated carbocycles. The number of methoxy groups -OCH3 is 1. The number of hydrogen-bond donors (Lipinski definition) is 0. The molecule has 7 heteroatoms. The highest BCUT2D eigenvalue weighted by atomic mass is 32.2. The lowest BCUT2D eigenvalue weighted by Crippen LogP contribution is -2.26. The molecule has 1 amide bonds. The first kappa shape index (κ1) is 15.9. The van der Waals surface area contributed by atoms with E-state index in [2.05, 4.69) is 10.2 Å². The van der Waals surface area contributed by atoms with E-state index in [1.54, 1.807) is 18.9 Å². The van der Waals surface area contributed by atoms with Gasteiger partial charge in [0.15, 0.2) is 11.0 Å². The molecule has 3 rings (SSSR count). The Morgan fingerprint density at radius 3 is 2.70 bits per heavy atom. The Balaban J connectivity index is 1.63. The minimum absolute atomic E-state index is 0.266. The molecule has 0 unspecified atom stereocenters. The van der Waals surface area contributed by atoms with Gasteiger partial charge in [0.2, 0.25) is 5.91 Å². The number of carbonyl (C=O) groups excluding carboxylic acids is 1. The number of benzene rings is 1.